The Morgan fingerprint density at radius 1 is 1.14 bits per heavy atom. The van der Waals surface area contributed by atoms with E-state index in [-0.39, 0.29) is 5.95 Å². The van der Waals surface area contributed by atoms with E-state index in [4.69, 9.17) is 21.8 Å². The van der Waals surface area contributed by atoms with Gasteiger partial charge in [0, 0.05) is 28.0 Å². The topological polar surface area (TPSA) is 77.0 Å². The van der Waals surface area contributed by atoms with Crippen LogP contribution < -0.4 is 11.1 Å². The third-order valence-electron chi connectivity index (χ3n) is 2.90. The first-order valence-electron chi connectivity index (χ1n) is 6.31. The second-order valence-electron chi connectivity index (χ2n) is 4.62. The fraction of sp³-hybridized carbons (Fsp3) is 0.0667. The smallest absolute Gasteiger partial charge is 0.222 e. The van der Waals surface area contributed by atoms with Gasteiger partial charge >= 0.3 is 0 Å². The van der Waals surface area contributed by atoms with E-state index in [1.54, 1.807) is 12.5 Å². The number of nitrogens with one attached hydrogen (secondary N) is 1. The van der Waals surface area contributed by atoms with Gasteiger partial charge in [0.25, 0.3) is 0 Å². The highest BCUT2D eigenvalue weighted by Gasteiger charge is 2.05. The molecule has 0 spiro atoms. The van der Waals surface area contributed by atoms with E-state index in [2.05, 4.69) is 15.3 Å². The molecule has 6 heteroatoms. The molecule has 0 saturated carbocycles. The summed E-state index contributed by atoms with van der Waals surface area (Å²) < 4.78 is 5.10. The van der Waals surface area contributed by atoms with Crippen LogP contribution in [0.1, 0.15) is 5.69 Å². The molecule has 0 unspecified atom stereocenters. The van der Waals surface area contributed by atoms with Gasteiger partial charge in [-0.3, -0.25) is 0 Å². The van der Waals surface area contributed by atoms with Crippen LogP contribution in [0.2, 0.25) is 5.02 Å². The monoisotopic (exact) mass is 300 g/mol. The summed E-state index contributed by atoms with van der Waals surface area (Å²) in [6.45, 7) is 1.86. The molecule has 5 nitrogen and oxygen atoms in total. The molecule has 2 heterocycles. The van der Waals surface area contributed by atoms with Gasteiger partial charge in [-0.05, 0) is 36.8 Å². The molecular formula is C15H13ClN4O. The number of aromatic nitrogens is 2. The lowest BCUT2D eigenvalue weighted by molar-refractivity contribution is 0.568. The number of hydrogen-bond acceptors (Lipinski definition) is 5. The van der Waals surface area contributed by atoms with Gasteiger partial charge in [0.1, 0.15) is 5.82 Å². The largest absolute Gasteiger partial charge is 0.472 e. The van der Waals surface area contributed by atoms with Crippen molar-refractivity contribution in [2.24, 2.45) is 0 Å². The van der Waals surface area contributed by atoms with Gasteiger partial charge in [-0.2, -0.15) is 4.98 Å². The predicted molar refractivity (Wildman–Crippen MR) is 83.6 cm³/mol. The Morgan fingerprint density at radius 3 is 2.71 bits per heavy atom. The molecule has 0 fully saturated rings. The Hall–Kier alpha value is -2.53. The maximum atomic E-state index is 6.17. The van der Waals surface area contributed by atoms with E-state index in [0.717, 1.165) is 22.5 Å². The van der Waals surface area contributed by atoms with Crippen LogP contribution in [0, 0.1) is 6.92 Å². The zero-order valence-corrected chi connectivity index (χ0v) is 12.1. The molecular weight excluding hydrogens is 288 g/mol. The number of rotatable bonds is 3. The minimum absolute atomic E-state index is 0.231. The van der Waals surface area contributed by atoms with Crippen molar-refractivity contribution in [1.82, 2.24) is 9.97 Å². The van der Waals surface area contributed by atoms with Crippen molar-refractivity contribution in [3.63, 3.8) is 0 Å². The molecule has 0 aliphatic rings. The van der Waals surface area contributed by atoms with E-state index < -0.39 is 0 Å². The lowest BCUT2D eigenvalue weighted by Gasteiger charge is -2.09. The van der Waals surface area contributed by atoms with E-state index in [0.29, 0.717) is 10.8 Å². The average Bonchev–Trinajstić information content (AvgIpc) is 2.90. The number of hydrogen-bond donors (Lipinski definition) is 2. The Bertz CT molecular complexity index is 751. The van der Waals surface area contributed by atoms with Crippen LogP contribution in [-0.4, -0.2) is 9.97 Å². The first kappa shape index (κ1) is 13.5. The van der Waals surface area contributed by atoms with Crippen LogP contribution in [0.15, 0.2) is 47.3 Å². The number of aryl methyl sites for hydroxylation is 1. The van der Waals surface area contributed by atoms with Crippen molar-refractivity contribution >= 4 is 29.1 Å². The SMILES string of the molecule is Cc1cc(Nc2cc(Cl)cc(-c3ccoc3)c2)nc(N)n1. The summed E-state index contributed by atoms with van der Waals surface area (Å²) in [6.07, 6.45) is 3.29. The molecule has 0 aliphatic carbocycles. The van der Waals surface area contributed by atoms with Crippen LogP contribution in [0.3, 0.4) is 0 Å². The van der Waals surface area contributed by atoms with Crippen molar-refractivity contribution in [3.05, 3.63) is 53.6 Å². The Morgan fingerprint density at radius 2 is 2.00 bits per heavy atom. The highest BCUT2D eigenvalue weighted by Crippen LogP contribution is 2.29. The minimum atomic E-state index is 0.231. The molecule has 3 N–H and O–H groups in total. The lowest BCUT2D eigenvalue weighted by atomic mass is 10.1. The average molecular weight is 301 g/mol. The zero-order valence-electron chi connectivity index (χ0n) is 11.3. The normalized spacial score (nSPS) is 10.6. The molecule has 0 atom stereocenters. The Kier molecular flexibility index (Phi) is 3.50. The third-order valence-corrected chi connectivity index (χ3v) is 3.11. The molecule has 106 valence electrons. The summed E-state index contributed by atoms with van der Waals surface area (Å²) in [5.74, 6) is 0.856. The molecule has 3 aromatic rings. The molecule has 2 aromatic heterocycles. The van der Waals surface area contributed by atoms with Gasteiger partial charge in [0.2, 0.25) is 5.95 Å². The number of furan rings is 1. The number of benzene rings is 1. The Balaban J connectivity index is 1.95. The van der Waals surface area contributed by atoms with Crippen molar-refractivity contribution in [2.75, 3.05) is 11.1 Å². The Labute approximate surface area is 126 Å². The fourth-order valence-electron chi connectivity index (χ4n) is 2.06. The first-order valence-corrected chi connectivity index (χ1v) is 6.69. The van der Waals surface area contributed by atoms with Crippen molar-refractivity contribution < 1.29 is 4.42 Å². The standard InChI is InChI=1S/C15H13ClN4O/c1-9-4-14(20-15(17)18-9)19-13-6-11(5-12(16)7-13)10-2-3-21-8-10/h2-8H,1H3,(H3,17,18,19,20). The predicted octanol–water partition coefficient (Wildman–Crippen LogP) is 4.02. The number of nitrogens with two attached hydrogens (primary N) is 1. The number of anilines is 3. The van der Waals surface area contributed by atoms with E-state index >= 15 is 0 Å². The second kappa shape index (κ2) is 5.46. The van der Waals surface area contributed by atoms with Crippen LogP contribution in [0.25, 0.3) is 11.1 Å². The van der Waals surface area contributed by atoms with Gasteiger partial charge in [-0.15, -0.1) is 0 Å². The molecule has 0 radical (unpaired) electrons. The molecule has 3 rings (SSSR count). The second-order valence-corrected chi connectivity index (χ2v) is 5.05. The third kappa shape index (κ3) is 3.14. The quantitative estimate of drug-likeness (QED) is 0.764. The summed E-state index contributed by atoms with van der Waals surface area (Å²) in [5, 5.41) is 3.80. The highest BCUT2D eigenvalue weighted by atomic mass is 35.5. The van der Waals surface area contributed by atoms with Gasteiger partial charge in [0.15, 0.2) is 0 Å². The van der Waals surface area contributed by atoms with Gasteiger partial charge in [-0.1, -0.05) is 11.6 Å². The fourth-order valence-corrected chi connectivity index (χ4v) is 2.30. The van der Waals surface area contributed by atoms with Gasteiger partial charge in [-0.25, -0.2) is 4.98 Å². The van der Waals surface area contributed by atoms with Gasteiger partial charge < -0.3 is 15.5 Å². The van der Waals surface area contributed by atoms with Crippen LogP contribution in [0.5, 0.6) is 0 Å². The van der Waals surface area contributed by atoms with E-state index in [9.17, 15) is 0 Å². The summed E-state index contributed by atoms with van der Waals surface area (Å²) in [4.78, 5) is 8.19. The summed E-state index contributed by atoms with van der Waals surface area (Å²) >= 11 is 6.17. The highest BCUT2D eigenvalue weighted by molar-refractivity contribution is 6.31. The number of halogens is 1. The minimum Gasteiger partial charge on any atom is -0.472 e. The summed E-state index contributed by atoms with van der Waals surface area (Å²) in [5.41, 5.74) is 9.17. The van der Waals surface area contributed by atoms with Crippen LogP contribution in [0.4, 0.5) is 17.5 Å². The van der Waals surface area contributed by atoms with Crippen molar-refractivity contribution in [1.29, 1.82) is 0 Å². The van der Waals surface area contributed by atoms with Crippen LogP contribution in [-0.2, 0) is 0 Å². The molecule has 1 aromatic carbocycles. The molecule has 0 amide bonds. The van der Waals surface area contributed by atoms with Crippen molar-refractivity contribution in [2.45, 2.75) is 6.92 Å². The first-order chi connectivity index (χ1) is 10.1. The molecule has 21 heavy (non-hydrogen) atoms. The lowest BCUT2D eigenvalue weighted by Crippen LogP contribution is -2.01. The zero-order chi connectivity index (χ0) is 14.8. The summed E-state index contributed by atoms with van der Waals surface area (Å²) in [6, 6.07) is 9.34. The maximum Gasteiger partial charge on any atom is 0.222 e. The van der Waals surface area contributed by atoms with Crippen molar-refractivity contribution in [3.8, 4) is 11.1 Å². The maximum absolute atomic E-state index is 6.17. The number of nitrogen functional groups attached to an aromatic ring is 1. The van der Waals surface area contributed by atoms with E-state index in [1.807, 2.05) is 37.3 Å². The number of nitrogens with zero attached hydrogens (tertiary/aromatic N) is 2. The molecule has 0 aliphatic heterocycles. The molecule has 0 bridgehead atoms. The molecule has 0 saturated heterocycles. The van der Waals surface area contributed by atoms with E-state index in [1.165, 1.54) is 0 Å². The van der Waals surface area contributed by atoms with Crippen LogP contribution >= 0.6 is 11.6 Å². The van der Waals surface area contributed by atoms with Gasteiger partial charge in [0.05, 0.1) is 12.5 Å². The summed E-state index contributed by atoms with van der Waals surface area (Å²) in [7, 11) is 0.